The molecule has 1 aromatic carbocycles. The van der Waals surface area contributed by atoms with Crippen LogP contribution in [0.5, 0.6) is 0 Å². The normalized spacial score (nSPS) is 29.8. The Hall–Kier alpha value is -0.900. The number of hydrogen-bond donors (Lipinski definition) is 1. The van der Waals surface area contributed by atoms with Crippen molar-refractivity contribution < 1.29 is 0 Å². The van der Waals surface area contributed by atoms with Gasteiger partial charge in [0.1, 0.15) is 0 Å². The maximum atomic E-state index is 3.64. The molecule has 0 saturated carbocycles. The first kappa shape index (κ1) is 13.1. The lowest BCUT2D eigenvalue weighted by atomic mass is 9.94. The van der Waals surface area contributed by atoms with E-state index in [2.05, 4.69) is 53.5 Å². The van der Waals surface area contributed by atoms with Gasteiger partial charge in [0.2, 0.25) is 0 Å². The van der Waals surface area contributed by atoms with Gasteiger partial charge in [-0.1, -0.05) is 24.3 Å². The van der Waals surface area contributed by atoms with Crippen LogP contribution < -0.4 is 5.32 Å². The Morgan fingerprint density at radius 3 is 2.58 bits per heavy atom. The summed E-state index contributed by atoms with van der Waals surface area (Å²) in [7, 11) is 4.44. The van der Waals surface area contributed by atoms with E-state index in [1.165, 1.54) is 30.6 Å². The van der Waals surface area contributed by atoms with Gasteiger partial charge in [0.15, 0.2) is 0 Å². The van der Waals surface area contributed by atoms with Crippen molar-refractivity contribution in [2.24, 2.45) is 0 Å². The van der Waals surface area contributed by atoms with Gasteiger partial charge in [-0.2, -0.15) is 0 Å². The Bertz CT molecular complexity index is 432. The van der Waals surface area contributed by atoms with E-state index in [0.717, 1.165) is 25.6 Å². The zero-order chi connectivity index (χ0) is 13.2. The summed E-state index contributed by atoms with van der Waals surface area (Å²) in [6, 6.07) is 9.75. The SMILES string of the molecule is CN1CCC(c2cccc(C3CN(C)CCN3)c2)C1. The smallest absolute Gasteiger partial charge is 0.0449 e. The van der Waals surface area contributed by atoms with Crippen LogP contribution in [0.2, 0.25) is 0 Å². The number of likely N-dealkylation sites (tertiary alicyclic amines) is 1. The van der Waals surface area contributed by atoms with E-state index in [0.29, 0.717) is 6.04 Å². The quantitative estimate of drug-likeness (QED) is 0.872. The summed E-state index contributed by atoms with van der Waals surface area (Å²) in [5.74, 6) is 0.728. The molecule has 0 bridgehead atoms. The van der Waals surface area contributed by atoms with Crippen LogP contribution in [0.25, 0.3) is 0 Å². The number of likely N-dealkylation sites (N-methyl/N-ethyl adjacent to an activating group) is 2. The summed E-state index contributed by atoms with van der Waals surface area (Å²) >= 11 is 0. The molecule has 0 aromatic heterocycles. The fourth-order valence-electron chi connectivity index (χ4n) is 3.36. The Balaban J connectivity index is 1.76. The molecule has 1 N–H and O–H groups in total. The van der Waals surface area contributed by atoms with Gasteiger partial charge in [0.25, 0.3) is 0 Å². The van der Waals surface area contributed by atoms with E-state index >= 15 is 0 Å². The van der Waals surface area contributed by atoms with E-state index in [9.17, 15) is 0 Å². The summed E-state index contributed by atoms with van der Waals surface area (Å²) in [5.41, 5.74) is 2.98. The van der Waals surface area contributed by atoms with Gasteiger partial charge < -0.3 is 15.1 Å². The Morgan fingerprint density at radius 1 is 1.05 bits per heavy atom. The van der Waals surface area contributed by atoms with Crippen molar-refractivity contribution in [2.75, 3.05) is 46.8 Å². The maximum absolute atomic E-state index is 3.64. The van der Waals surface area contributed by atoms with Crippen LogP contribution in [0.3, 0.4) is 0 Å². The van der Waals surface area contributed by atoms with E-state index in [-0.39, 0.29) is 0 Å². The molecule has 0 radical (unpaired) electrons. The van der Waals surface area contributed by atoms with Gasteiger partial charge in [0, 0.05) is 32.2 Å². The van der Waals surface area contributed by atoms with Crippen LogP contribution in [-0.2, 0) is 0 Å². The Kier molecular flexibility index (Phi) is 3.87. The molecule has 2 heterocycles. The lowest BCUT2D eigenvalue weighted by Crippen LogP contribution is -2.43. The van der Waals surface area contributed by atoms with Gasteiger partial charge in [-0.15, -0.1) is 0 Å². The highest BCUT2D eigenvalue weighted by atomic mass is 15.2. The molecule has 0 spiro atoms. The van der Waals surface area contributed by atoms with Crippen molar-refractivity contribution in [3.63, 3.8) is 0 Å². The lowest BCUT2D eigenvalue weighted by molar-refractivity contribution is 0.241. The summed E-state index contributed by atoms with van der Waals surface area (Å²) < 4.78 is 0. The summed E-state index contributed by atoms with van der Waals surface area (Å²) in [5, 5.41) is 3.64. The number of nitrogens with zero attached hydrogens (tertiary/aromatic N) is 2. The fraction of sp³-hybridized carbons (Fsp3) is 0.625. The number of piperazine rings is 1. The predicted molar refractivity (Wildman–Crippen MR) is 79.5 cm³/mol. The zero-order valence-corrected chi connectivity index (χ0v) is 12.1. The van der Waals surface area contributed by atoms with Crippen LogP contribution in [0, 0.1) is 0 Å². The second-order valence-electron chi connectivity index (χ2n) is 6.19. The molecule has 2 saturated heterocycles. The summed E-state index contributed by atoms with van der Waals surface area (Å²) in [6.07, 6.45) is 1.30. The molecule has 19 heavy (non-hydrogen) atoms. The molecule has 3 rings (SSSR count). The highest BCUT2D eigenvalue weighted by Crippen LogP contribution is 2.28. The lowest BCUT2D eigenvalue weighted by Gasteiger charge is -2.31. The van der Waals surface area contributed by atoms with E-state index in [4.69, 9.17) is 0 Å². The van der Waals surface area contributed by atoms with Crippen molar-refractivity contribution in [3.05, 3.63) is 35.4 Å². The third-order valence-electron chi connectivity index (χ3n) is 4.55. The van der Waals surface area contributed by atoms with E-state index in [1.54, 1.807) is 0 Å². The number of nitrogens with one attached hydrogen (secondary N) is 1. The summed E-state index contributed by atoms with van der Waals surface area (Å²) in [4.78, 5) is 4.85. The Labute approximate surface area is 116 Å². The van der Waals surface area contributed by atoms with Crippen LogP contribution in [0.1, 0.15) is 29.5 Å². The molecule has 2 atom stereocenters. The predicted octanol–water partition coefficient (Wildman–Crippen LogP) is 1.68. The number of rotatable bonds is 2. The average molecular weight is 259 g/mol. The minimum atomic E-state index is 0.498. The molecule has 2 unspecified atom stereocenters. The molecule has 0 aliphatic carbocycles. The average Bonchev–Trinajstić information content (AvgIpc) is 2.86. The molecule has 1 aromatic rings. The molecule has 0 amide bonds. The van der Waals surface area contributed by atoms with Crippen molar-refractivity contribution in [2.45, 2.75) is 18.4 Å². The minimum Gasteiger partial charge on any atom is -0.308 e. The largest absolute Gasteiger partial charge is 0.308 e. The topological polar surface area (TPSA) is 18.5 Å². The van der Waals surface area contributed by atoms with Crippen LogP contribution in [-0.4, -0.2) is 56.6 Å². The van der Waals surface area contributed by atoms with Crippen LogP contribution in [0.15, 0.2) is 24.3 Å². The van der Waals surface area contributed by atoms with Gasteiger partial charge in [0.05, 0.1) is 0 Å². The van der Waals surface area contributed by atoms with Gasteiger partial charge in [-0.05, 0) is 44.1 Å². The molecule has 2 aliphatic heterocycles. The van der Waals surface area contributed by atoms with Crippen molar-refractivity contribution in [1.82, 2.24) is 15.1 Å². The van der Waals surface area contributed by atoms with Crippen molar-refractivity contribution >= 4 is 0 Å². The van der Waals surface area contributed by atoms with Crippen LogP contribution >= 0.6 is 0 Å². The first-order chi connectivity index (χ1) is 9.22. The van der Waals surface area contributed by atoms with Crippen molar-refractivity contribution in [3.8, 4) is 0 Å². The number of benzene rings is 1. The Morgan fingerprint density at radius 2 is 1.84 bits per heavy atom. The highest BCUT2D eigenvalue weighted by molar-refractivity contribution is 5.30. The molecule has 2 aliphatic rings. The van der Waals surface area contributed by atoms with Crippen molar-refractivity contribution in [1.29, 1.82) is 0 Å². The highest BCUT2D eigenvalue weighted by Gasteiger charge is 2.23. The molecule has 2 fully saturated rings. The molecular formula is C16H25N3. The molecular weight excluding hydrogens is 234 g/mol. The van der Waals surface area contributed by atoms with Crippen LogP contribution in [0.4, 0.5) is 0 Å². The molecule has 3 heteroatoms. The first-order valence-corrected chi connectivity index (χ1v) is 7.43. The summed E-state index contributed by atoms with van der Waals surface area (Å²) in [6.45, 7) is 5.82. The fourth-order valence-corrected chi connectivity index (χ4v) is 3.36. The zero-order valence-electron chi connectivity index (χ0n) is 12.1. The monoisotopic (exact) mass is 259 g/mol. The van der Waals surface area contributed by atoms with Gasteiger partial charge >= 0.3 is 0 Å². The molecule has 3 nitrogen and oxygen atoms in total. The van der Waals surface area contributed by atoms with E-state index in [1.807, 2.05) is 0 Å². The number of hydrogen-bond acceptors (Lipinski definition) is 3. The van der Waals surface area contributed by atoms with Gasteiger partial charge in [-0.25, -0.2) is 0 Å². The van der Waals surface area contributed by atoms with Gasteiger partial charge in [-0.3, -0.25) is 0 Å². The second kappa shape index (κ2) is 5.61. The molecule has 104 valence electrons. The second-order valence-corrected chi connectivity index (χ2v) is 6.19. The first-order valence-electron chi connectivity index (χ1n) is 7.43. The minimum absolute atomic E-state index is 0.498. The van der Waals surface area contributed by atoms with E-state index < -0.39 is 0 Å². The third-order valence-corrected chi connectivity index (χ3v) is 4.55. The standard InChI is InChI=1S/C16H25N3/c1-18-8-6-15(11-18)13-4-3-5-14(10-13)16-12-19(2)9-7-17-16/h3-5,10,15-17H,6-9,11-12H2,1-2H3. The maximum Gasteiger partial charge on any atom is 0.0449 e. The third kappa shape index (κ3) is 2.99.